The lowest BCUT2D eigenvalue weighted by atomic mass is 9.87. The summed E-state index contributed by atoms with van der Waals surface area (Å²) in [5, 5.41) is 14.6. The van der Waals surface area contributed by atoms with Gasteiger partial charge >= 0.3 is 0 Å². The summed E-state index contributed by atoms with van der Waals surface area (Å²) in [4.78, 5) is 15.6. The standard InChI is InChI=1S/C23H32N4O3/c1-23(2,3)18-5-8-20(9-6-18)30-16-11-24-21-17-19(7-10-22(21)27(28)29)26-14-12-25(4)13-15-26/h5-10,17,24H,11-16H2,1-4H3. The molecule has 1 aliphatic rings. The first-order chi connectivity index (χ1) is 14.2. The van der Waals surface area contributed by atoms with Crippen LogP contribution < -0.4 is 15.0 Å². The van der Waals surface area contributed by atoms with Crippen molar-refractivity contribution in [2.45, 2.75) is 26.2 Å². The predicted octanol–water partition coefficient (Wildman–Crippen LogP) is 4.14. The van der Waals surface area contributed by atoms with Gasteiger partial charge in [-0.05, 0) is 42.3 Å². The SMILES string of the molecule is CN1CCN(c2ccc([N+](=O)[O-])c(NCCOc3ccc(C(C)(C)C)cc3)c2)CC1. The van der Waals surface area contributed by atoms with Crippen LogP contribution in [0.3, 0.4) is 0 Å². The summed E-state index contributed by atoms with van der Waals surface area (Å²) in [6, 6.07) is 13.4. The fourth-order valence-corrected chi connectivity index (χ4v) is 3.49. The summed E-state index contributed by atoms with van der Waals surface area (Å²) in [5.41, 5.74) is 2.98. The molecule has 1 fully saturated rings. The lowest BCUT2D eigenvalue weighted by Gasteiger charge is -2.34. The van der Waals surface area contributed by atoms with Crippen molar-refractivity contribution in [1.29, 1.82) is 0 Å². The monoisotopic (exact) mass is 412 g/mol. The summed E-state index contributed by atoms with van der Waals surface area (Å²) in [5.74, 6) is 0.797. The van der Waals surface area contributed by atoms with Crippen molar-refractivity contribution in [3.05, 3.63) is 58.1 Å². The van der Waals surface area contributed by atoms with Gasteiger partial charge in [-0.3, -0.25) is 10.1 Å². The van der Waals surface area contributed by atoms with Gasteiger partial charge in [-0.1, -0.05) is 32.9 Å². The van der Waals surface area contributed by atoms with E-state index in [0.717, 1.165) is 37.6 Å². The van der Waals surface area contributed by atoms with Crippen molar-refractivity contribution >= 4 is 17.1 Å². The highest BCUT2D eigenvalue weighted by molar-refractivity contribution is 5.69. The Kier molecular flexibility index (Phi) is 6.82. The predicted molar refractivity (Wildman–Crippen MR) is 122 cm³/mol. The second kappa shape index (κ2) is 9.34. The third-order valence-corrected chi connectivity index (χ3v) is 5.45. The summed E-state index contributed by atoms with van der Waals surface area (Å²) < 4.78 is 5.81. The van der Waals surface area contributed by atoms with Gasteiger partial charge in [0.05, 0.1) is 4.92 Å². The zero-order chi connectivity index (χ0) is 21.7. The first-order valence-electron chi connectivity index (χ1n) is 10.4. The Morgan fingerprint density at radius 1 is 1.07 bits per heavy atom. The Balaban J connectivity index is 1.59. The number of nitro groups is 1. The number of ether oxygens (including phenoxy) is 1. The zero-order valence-electron chi connectivity index (χ0n) is 18.4. The molecule has 0 bridgehead atoms. The first kappa shape index (κ1) is 21.9. The number of nitro benzene ring substituents is 1. The van der Waals surface area contributed by atoms with E-state index < -0.39 is 0 Å². The zero-order valence-corrected chi connectivity index (χ0v) is 18.4. The summed E-state index contributed by atoms with van der Waals surface area (Å²) >= 11 is 0. The van der Waals surface area contributed by atoms with E-state index in [0.29, 0.717) is 18.8 Å². The molecular weight excluding hydrogens is 380 g/mol. The van der Waals surface area contributed by atoms with Crippen LogP contribution in [0.4, 0.5) is 17.1 Å². The van der Waals surface area contributed by atoms with Gasteiger partial charge in [-0.15, -0.1) is 0 Å². The van der Waals surface area contributed by atoms with Crippen molar-refractivity contribution in [3.63, 3.8) is 0 Å². The van der Waals surface area contributed by atoms with Crippen LogP contribution >= 0.6 is 0 Å². The van der Waals surface area contributed by atoms with E-state index in [4.69, 9.17) is 4.74 Å². The molecule has 7 nitrogen and oxygen atoms in total. The first-order valence-corrected chi connectivity index (χ1v) is 10.4. The number of hydrogen-bond donors (Lipinski definition) is 1. The minimum atomic E-state index is -0.345. The van der Waals surface area contributed by atoms with Crippen molar-refractivity contribution in [2.75, 3.05) is 56.6 Å². The number of piperazine rings is 1. The van der Waals surface area contributed by atoms with Crippen LogP contribution in [-0.2, 0) is 5.41 Å². The van der Waals surface area contributed by atoms with Crippen molar-refractivity contribution in [2.24, 2.45) is 0 Å². The fraction of sp³-hybridized carbons (Fsp3) is 0.478. The van der Waals surface area contributed by atoms with E-state index in [1.54, 1.807) is 6.07 Å². The average Bonchev–Trinajstić information content (AvgIpc) is 2.71. The second-order valence-electron chi connectivity index (χ2n) is 8.80. The lowest BCUT2D eigenvalue weighted by molar-refractivity contribution is -0.383. The number of anilines is 2. The molecule has 0 aromatic heterocycles. The fourth-order valence-electron chi connectivity index (χ4n) is 3.49. The Morgan fingerprint density at radius 3 is 2.33 bits per heavy atom. The van der Waals surface area contributed by atoms with Crippen LogP contribution in [0.25, 0.3) is 0 Å². The number of rotatable bonds is 7. The minimum absolute atomic E-state index is 0.0856. The maximum absolute atomic E-state index is 11.4. The molecule has 0 amide bonds. The van der Waals surface area contributed by atoms with Gasteiger partial charge in [0.2, 0.25) is 0 Å². The van der Waals surface area contributed by atoms with Crippen molar-refractivity contribution in [1.82, 2.24) is 4.90 Å². The highest BCUT2D eigenvalue weighted by atomic mass is 16.6. The van der Waals surface area contributed by atoms with Gasteiger partial charge in [0.25, 0.3) is 5.69 Å². The molecule has 0 aliphatic carbocycles. The Morgan fingerprint density at radius 2 is 1.73 bits per heavy atom. The van der Waals surface area contributed by atoms with Gasteiger partial charge < -0.3 is 19.9 Å². The molecule has 2 aromatic carbocycles. The third kappa shape index (κ3) is 5.63. The lowest BCUT2D eigenvalue weighted by Crippen LogP contribution is -2.44. The Labute approximate surface area is 178 Å². The maximum Gasteiger partial charge on any atom is 0.292 e. The van der Waals surface area contributed by atoms with E-state index in [9.17, 15) is 10.1 Å². The normalized spacial score (nSPS) is 15.1. The van der Waals surface area contributed by atoms with Crippen LogP contribution in [-0.4, -0.2) is 56.2 Å². The Bertz CT molecular complexity index is 854. The van der Waals surface area contributed by atoms with Crippen LogP contribution in [0.5, 0.6) is 5.75 Å². The molecule has 2 aromatic rings. The highest BCUT2D eigenvalue weighted by Gasteiger charge is 2.19. The molecule has 1 aliphatic heterocycles. The molecule has 0 unspecified atom stereocenters. The van der Waals surface area contributed by atoms with Crippen LogP contribution in [0.2, 0.25) is 0 Å². The smallest absolute Gasteiger partial charge is 0.292 e. The number of likely N-dealkylation sites (N-methyl/N-ethyl adjacent to an activating group) is 1. The molecule has 1 N–H and O–H groups in total. The highest BCUT2D eigenvalue weighted by Crippen LogP contribution is 2.30. The molecule has 30 heavy (non-hydrogen) atoms. The number of nitrogens with one attached hydrogen (secondary N) is 1. The molecule has 1 heterocycles. The molecule has 7 heteroatoms. The van der Waals surface area contributed by atoms with Crippen LogP contribution in [0.1, 0.15) is 26.3 Å². The minimum Gasteiger partial charge on any atom is -0.492 e. The number of benzene rings is 2. The maximum atomic E-state index is 11.4. The largest absolute Gasteiger partial charge is 0.492 e. The van der Waals surface area contributed by atoms with Gasteiger partial charge in [0, 0.05) is 44.5 Å². The molecule has 3 rings (SSSR count). The summed E-state index contributed by atoms with van der Waals surface area (Å²) in [7, 11) is 2.11. The van der Waals surface area contributed by atoms with Gasteiger partial charge in [0.1, 0.15) is 18.0 Å². The molecule has 0 atom stereocenters. The van der Waals surface area contributed by atoms with E-state index in [1.807, 2.05) is 24.3 Å². The third-order valence-electron chi connectivity index (χ3n) is 5.45. The van der Waals surface area contributed by atoms with Crippen LogP contribution in [0, 0.1) is 10.1 Å². The number of nitrogens with zero attached hydrogens (tertiary/aromatic N) is 3. The van der Waals surface area contributed by atoms with E-state index in [2.05, 4.69) is 55.1 Å². The molecule has 0 saturated carbocycles. The Hall–Kier alpha value is -2.80. The molecular formula is C23H32N4O3. The van der Waals surface area contributed by atoms with E-state index in [-0.39, 0.29) is 16.0 Å². The summed E-state index contributed by atoms with van der Waals surface area (Å²) in [6.07, 6.45) is 0. The average molecular weight is 413 g/mol. The number of hydrogen-bond acceptors (Lipinski definition) is 6. The molecule has 0 radical (unpaired) electrons. The van der Waals surface area contributed by atoms with Crippen molar-refractivity contribution < 1.29 is 9.66 Å². The van der Waals surface area contributed by atoms with E-state index >= 15 is 0 Å². The van der Waals surface area contributed by atoms with Crippen molar-refractivity contribution in [3.8, 4) is 5.75 Å². The second-order valence-corrected chi connectivity index (χ2v) is 8.80. The molecule has 162 valence electrons. The quantitative estimate of drug-likeness (QED) is 0.419. The topological polar surface area (TPSA) is 70.9 Å². The van der Waals surface area contributed by atoms with Gasteiger partial charge in [0.15, 0.2) is 0 Å². The van der Waals surface area contributed by atoms with E-state index in [1.165, 1.54) is 5.56 Å². The summed E-state index contributed by atoms with van der Waals surface area (Å²) in [6.45, 7) is 11.2. The molecule has 0 spiro atoms. The van der Waals surface area contributed by atoms with Gasteiger partial charge in [-0.2, -0.15) is 0 Å². The van der Waals surface area contributed by atoms with Gasteiger partial charge in [-0.25, -0.2) is 0 Å². The van der Waals surface area contributed by atoms with Crippen LogP contribution in [0.15, 0.2) is 42.5 Å². The molecule has 1 saturated heterocycles.